The van der Waals surface area contributed by atoms with Crippen LogP contribution in [0.2, 0.25) is 10.0 Å². The molecular weight excluding hydrogens is 344 g/mol. The first-order chi connectivity index (χ1) is 7.00. The summed E-state index contributed by atoms with van der Waals surface area (Å²) in [5, 5.41) is 2.36. The largest absolute Gasteiger partial charge is 0.252 e. The van der Waals surface area contributed by atoms with Gasteiger partial charge in [0.15, 0.2) is 0 Å². The average Bonchev–Trinajstić information content (AvgIpc) is 2.17. The number of fused-ring (bicyclic) bond motifs is 1. The predicted molar refractivity (Wildman–Crippen MR) is 74.0 cm³/mol. The van der Waals surface area contributed by atoms with E-state index in [0.29, 0.717) is 5.02 Å². The highest BCUT2D eigenvalue weighted by molar-refractivity contribution is 14.1. The molecule has 2 rings (SSSR count). The van der Waals surface area contributed by atoms with Gasteiger partial charge in [0.05, 0.1) is 19.8 Å². The fraction of sp³-hybridized carbons (Fsp3) is 0.182. The zero-order valence-electron chi connectivity index (χ0n) is 8.24. The number of nitrogens with zero attached hydrogens (tertiary/aromatic N) is 1. The molecule has 0 bridgehead atoms. The van der Waals surface area contributed by atoms with Crippen molar-refractivity contribution in [3.8, 4) is 0 Å². The second-order valence-corrected chi connectivity index (χ2v) is 5.34. The number of pyridine rings is 1. The maximum absolute atomic E-state index is 6.27. The van der Waals surface area contributed by atoms with E-state index in [1.807, 2.05) is 26.0 Å². The third-order valence-electron chi connectivity index (χ3n) is 2.29. The van der Waals surface area contributed by atoms with E-state index < -0.39 is 0 Å². The van der Waals surface area contributed by atoms with Gasteiger partial charge in [0.1, 0.15) is 0 Å². The van der Waals surface area contributed by atoms with Crippen molar-refractivity contribution >= 4 is 56.7 Å². The Labute approximate surface area is 112 Å². The van der Waals surface area contributed by atoms with Crippen molar-refractivity contribution in [1.82, 2.24) is 4.98 Å². The molecule has 1 aromatic carbocycles. The molecule has 0 aliphatic rings. The minimum atomic E-state index is 0.698. The summed E-state index contributed by atoms with van der Waals surface area (Å²) < 4.78 is 0.989. The van der Waals surface area contributed by atoms with Crippen LogP contribution in [-0.2, 0) is 0 Å². The van der Waals surface area contributed by atoms with Gasteiger partial charge in [-0.3, -0.25) is 4.98 Å². The van der Waals surface area contributed by atoms with Crippen LogP contribution in [-0.4, -0.2) is 4.98 Å². The van der Waals surface area contributed by atoms with Gasteiger partial charge in [-0.05, 0) is 54.1 Å². The van der Waals surface area contributed by atoms with Crippen LogP contribution in [0.25, 0.3) is 10.9 Å². The van der Waals surface area contributed by atoms with Crippen molar-refractivity contribution in [1.29, 1.82) is 0 Å². The minimum Gasteiger partial charge on any atom is -0.252 e. The third kappa shape index (κ3) is 1.95. The van der Waals surface area contributed by atoms with Gasteiger partial charge in [0.2, 0.25) is 0 Å². The van der Waals surface area contributed by atoms with Crippen LogP contribution in [0.15, 0.2) is 12.1 Å². The van der Waals surface area contributed by atoms with Crippen molar-refractivity contribution < 1.29 is 0 Å². The monoisotopic (exact) mass is 351 g/mol. The Kier molecular flexibility index (Phi) is 3.10. The molecule has 2 aromatic rings. The van der Waals surface area contributed by atoms with E-state index in [2.05, 4.69) is 27.6 Å². The summed E-state index contributed by atoms with van der Waals surface area (Å²) in [6, 6.07) is 3.76. The Morgan fingerprint density at radius 2 is 1.87 bits per heavy atom. The van der Waals surface area contributed by atoms with E-state index in [9.17, 15) is 0 Å². The quantitative estimate of drug-likeness (QED) is 0.623. The maximum atomic E-state index is 6.27. The molecule has 0 saturated heterocycles. The molecule has 1 heterocycles. The topological polar surface area (TPSA) is 12.9 Å². The van der Waals surface area contributed by atoms with Crippen molar-refractivity contribution in [3.05, 3.63) is 37.0 Å². The predicted octanol–water partition coefficient (Wildman–Crippen LogP) is 4.76. The molecule has 0 amide bonds. The van der Waals surface area contributed by atoms with Crippen molar-refractivity contribution in [2.24, 2.45) is 0 Å². The Hall–Kier alpha value is -0.0600. The highest BCUT2D eigenvalue weighted by atomic mass is 127. The van der Waals surface area contributed by atoms with Crippen LogP contribution in [0.1, 0.15) is 11.3 Å². The minimum absolute atomic E-state index is 0.698. The number of rotatable bonds is 0. The van der Waals surface area contributed by atoms with Crippen molar-refractivity contribution in [2.45, 2.75) is 13.8 Å². The summed E-state index contributed by atoms with van der Waals surface area (Å²) in [6.07, 6.45) is 0. The Morgan fingerprint density at radius 3 is 2.53 bits per heavy atom. The Bertz CT molecular complexity index is 552. The summed E-state index contributed by atoms with van der Waals surface area (Å²) in [5.74, 6) is 0. The molecule has 0 atom stereocenters. The van der Waals surface area contributed by atoms with Crippen LogP contribution in [0.3, 0.4) is 0 Å². The Balaban J connectivity index is 2.98. The SMILES string of the molecule is Cc1nc2c(C)cc(Cl)cc2c(Cl)c1I. The highest BCUT2D eigenvalue weighted by Gasteiger charge is 2.10. The van der Waals surface area contributed by atoms with Gasteiger partial charge in [-0.15, -0.1) is 0 Å². The first-order valence-corrected chi connectivity index (χ1v) is 6.25. The molecule has 0 fully saturated rings. The van der Waals surface area contributed by atoms with E-state index in [1.165, 1.54) is 0 Å². The summed E-state index contributed by atoms with van der Waals surface area (Å²) in [6.45, 7) is 3.95. The molecular formula is C11H8Cl2IN. The molecule has 0 aliphatic carbocycles. The fourth-order valence-electron chi connectivity index (χ4n) is 1.55. The Morgan fingerprint density at radius 1 is 1.20 bits per heavy atom. The van der Waals surface area contributed by atoms with Crippen molar-refractivity contribution in [3.63, 3.8) is 0 Å². The van der Waals surface area contributed by atoms with Gasteiger partial charge in [0.25, 0.3) is 0 Å². The molecule has 0 aliphatic heterocycles. The smallest absolute Gasteiger partial charge is 0.0751 e. The number of aromatic nitrogens is 1. The number of benzene rings is 1. The molecule has 0 saturated carbocycles. The second-order valence-electron chi connectivity index (χ2n) is 3.44. The molecule has 0 unspecified atom stereocenters. The fourth-order valence-corrected chi connectivity index (χ4v) is 2.51. The van der Waals surface area contributed by atoms with Gasteiger partial charge in [-0.2, -0.15) is 0 Å². The van der Waals surface area contributed by atoms with E-state index in [0.717, 1.165) is 30.8 Å². The summed E-state index contributed by atoms with van der Waals surface area (Å²) in [4.78, 5) is 4.53. The molecule has 78 valence electrons. The van der Waals surface area contributed by atoms with Crippen LogP contribution in [0.4, 0.5) is 0 Å². The van der Waals surface area contributed by atoms with Crippen LogP contribution >= 0.6 is 45.8 Å². The van der Waals surface area contributed by atoms with Gasteiger partial charge in [-0.1, -0.05) is 23.2 Å². The summed E-state index contributed by atoms with van der Waals surface area (Å²) in [5.41, 5.74) is 2.94. The van der Waals surface area contributed by atoms with Gasteiger partial charge in [0, 0.05) is 10.4 Å². The van der Waals surface area contributed by atoms with E-state index in [1.54, 1.807) is 0 Å². The van der Waals surface area contributed by atoms with Gasteiger partial charge in [-0.25, -0.2) is 0 Å². The molecule has 1 aromatic heterocycles. The second kappa shape index (κ2) is 4.07. The van der Waals surface area contributed by atoms with Crippen molar-refractivity contribution in [2.75, 3.05) is 0 Å². The van der Waals surface area contributed by atoms with Gasteiger partial charge < -0.3 is 0 Å². The van der Waals surface area contributed by atoms with E-state index >= 15 is 0 Å². The lowest BCUT2D eigenvalue weighted by Crippen LogP contribution is -1.92. The number of halogens is 3. The standard InChI is InChI=1S/C11H8Cl2IN/c1-5-3-7(12)4-8-9(13)10(14)6(2)15-11(5)8/h3-4H,1-2H3. The zero-order chi connectivity index (χ0) is 11.2. The first-order valence-electron chi connectivity index (χ1n) is 4.42. The molecule has 0 spiro atoms. The lowest BCUT2D eigenvalue weighted by atomic mass is 10.1. The van der Waals surface area contributed by atoms with Crippen LogP contribution in [0, 0.1) is 17.4 Å². The normalized spacial score (nSPS) is 11.0. The molecule has 0 N–H and O–H groups in total. The number of hydrogen-bond donors (Lipinski definition) is 0. The maximum Gasteiger partial charge on any atom is 0.0751 e. The number of hydrogen-bond acceptors (Lipinski definition) is 1. The molecule has 0 radical (unpaired) electrons. The highest BCUT2D eigenvalue weighted by Crippen LogP contribution is 2.32. The molecule has 15 heavy (non-hydrogen) atoms. The molecule has 1 nitrogen and oxygen atoms in total. The summed E-state index contributed by atoms with van der Waals surface area (Å²) >= 11 is 14.5. The molecule has 4 heteroatoms. The van der Waals surface area contributed by atoms with Crippen LogP contribution < -0.4 is 0 Å². The van der Waals surface area contributed by atoms with Gasteiger partial charge >= 0.3 is 0 Å². The lowest BCUT2D eigenvalue weighted by Gasteiger charge is -2.08. The van der Waals surface area contributed by atoms with E-state index in [4.69, 9.17) is 23.2 Å². The summed E-state index contributed by atoms with van der Waals surface area (Å²) in [7, 11) is 0. The van der Waals surface area contributed by atoms with E-state index in [-0.39, 0.29) is 0 Å². The number of aryl methyl sites for hydroxylation is 2. The third-order valence-corrected chi connectivity index (χ3v) is 4.54. The first kappa shape index (κ1) is 11.4. The lowest BCUT2D eigenvalue weighted by molar-refractivity contribution is 1.22. The van der Waals surface area contributed by atoms with Crippen LogP contribution in [0.5, 0.6) is 0 Å². The average molecular weight is 352 g/mol. The zero-order valence-corrected chi connectivity index (χ0v) is 11.9.